The van der Waals surface area contributed by atoms with Crippen molar-refractivity contribution in [1.82, 2.24) is 15.0 Å². The number of rotatable bonds is 10. The number of esters is 1. The molecule has 0 unspecified atom stereocenters. The molecule has 0 amide bonds. The van der Waals surface area contributed by atoms with E-state index in [0.29, 0.717) is 49.5 Å². The van der Waals surface area contributed by atoms with Crippen molar-refractivity contribution in [2.75, 3.05) is 39.6 Å². The molecule has 3 aromatic heterocycles. The highest BCUT2D eigenvalue weighted by atomic mass is 19.3. The van der Waals surface area contributed by atoms with E-state index in [1.807, 2.05) is 19.1 Å². The Hall–Kier alpha value is -3.50. The number of alkyl halides is 2. The lowest BCUT2D eigenvalue weighted by molar-refractivity contribution is -0.870. The molecule has 8 nitrogen and oxygen atoms in total. The number of aromatic nitrogens is 3. The van der Waals surface area contributed by atoms with Crippen molar-refractivity contribution in [3.63, 3.8) is 0 Å². The molecule has 1 N–H and O–H groups in total. The monoisotopic (exact) mass is 567 g/mol. The number of hydrogen-bond donors (Lipinski definition) is 1. The number of quaternary nitrogens is 1. The predicted octanol–water partition coefficient (Wildman–Crippen LogP) is 5.16. The minimum atomic E-state index is -2.59. The summed E-state index contributed by atoms with van der Waals surface area (Å²) >= 11 is 0. The molecule has 3 heterocycles. The molecule has 1 aliphatic rings. The fraction of sp³-hybridized carbons (Fsp3) is 0.484. The largest absolute Gasteiger partial charge is 0.845 e. The van der Waals surface area contributed by atoms with Gasteiger partial charge in [0.1, 0.15) is 24.8 Å². The number of aryl methyl sites for hydroxylation is 1. The number of pyridine rings is 3. The summed E-state index contributed by atoms with van der Waals surface area (Å²) in [6.07, 6.45) is 2.95. The molecule has 1 aliphatic carbocycles. The summed E-state index contributed by atoms with van der Waals surface area (Å²) in [6.45, 7) is 4.73. The van der Waals surface area contributed by atoms with Crippen LogP contribution in [0.1, 0.15) is 55.9 Å². The highest BCUT2D eigenvalue weighted by molar-refractivity contribution is 5.72. The maximum Gasteiger partial charge on any atom is 0.309 e. The predicted molar refractivity (Wildman–Crippen MR) is 151 cm³/mol. The Morgan fingerprint density at radius 1 is 1.10 bits per heavy atom. The van der Waals surface area contributed by atoms with E-state index in [4.69, 9.17) is 4.74 Å². The molecule has 0 aliphatic heterocycles. The van der Waals surface area contributed by atoms with Crippen LogP contribution in [0.4, 0.5) is 20.4 Å². The standard InChI is InChI=1S/C31H39F2N5O3/c1-20-16-25(36-28(17-20)37-27-18-22(29(32)33)12-13-34-27)23-8-11-26(35-19-23)31(2,40)24-9-6-21(7-10-24)30(39)41-15-14-38(3,4)5/h8,11-13,16-19,21,24,29H,6-7,9-10,14-15H2,1-5H3,(H,34,36,37)/t21?,24?,31-/m1/s1. The van der Waals surface area contributed by atoms with Gasteiger partial charge in [0, 0.05) is 29.2 Å². The zero-order valence-electron chi connectivity index (χ0n) is 24.4. The van der Waals surface area contributed by atoms with Gasteiger partial charge in [0.05, 0.1) is 32.8 Å². The van der Waals surface area contributed by atoms with Crippen molar-refractivity contribution in [2.24, 2.45) is 11.8 Å². The highest BCUT2D eigenvalue weighted by Gasteiger charge is 2.34. The van der Waals surface area contributed by atoms with Crippen LogP contribution in [0.3, 0.4) is 0 Å². The number of nitrogens with zero attached hydrogens (tertiary/aromatic N) is 4. The third-order valence-corrected chi connectivity index (χ3v) is 7.68. The van der Waals surface area contributed by atoms with E-state index in [1.54, 1.807) is 25.3 Å². The number of likely N-dealkylation sites (N-methyl/N-ethyl adjacent to an activating group) is 1. The molecule has 0 radical (unpaired) electrons. The molecule has 0 bridgehead atoms. The van der Waals surface area contributed by atoms with Gasteiger partial charge in [-0.15, -0.1) is 0 Å². The van der Waals surface area contributed by atoms with Crippen LogP contribution in [0.25, 0.3) is 11.3 Å². The summed E-state index contributed by atoms with van der Waals surface area (Å²) in [4.78, 5) is 25.8. The smallest absolute Gasteiger partial charge is 0.309 e. The van der Waals surface area contributed by atoms with Gasteiger partial charge in [-0.2, -0.15) is 0 Å². The molecule has 4 rings (SSSR count). The molecule has 1 atom stereocenters. The molecule has 0 aromatic carbocycles. The van der Waals surface area contributed by atoms with Gasteiger partial charge >= 0.3 is 5.97 Å². The lowest BCUT2D eigenvalue weighted by Gasteiger charge is -2.46. The molecule has 41 heavy (non-hydrogen) atoms. The summed E-state index contributed by atoms with van der Waals surface area (Å²) in [5.41, 5.74) is 1.20. The molecule has 3 aromatic rings. The fourth-order valence-corrected chi connectivity index (χ4v) is 5.13. The fourth-order valence-electron chi connectivity index (χ4n) is 5.13. The lowest BCUT2D eigenvalue weighted by Crippen LogP contribution is -2.47. The Morgan fingerprint density at radius 2 is 1.83 bits per heavy atom. The first-order valence-corrected chi connectivity index (χ1v) is 14.0. The normalized spacial score (nSPS) is 19.0. The summed E-state index contributed by atoms with van der Waals surface area (Å²) in [6, 6.07) is 9.84. The molecular weight excluding hydrogens is 528 g/mol. The Morgan fingerprint density at radius 3 is 2.46 bits per heavy atom. The summed E-state index contributed by atoms with van der Waals surface area (Å²) in [7, 11) is 6.16. The Kier molecular flexibility index (Phi) is 9.34. The maximum absolute atomic E-state index is 13.8. The van der Waals surface area contributed by atoms with Gasteiger partial charge in [-0.3, -0.25) is 9.78 Å². The van der Waals surface area contributed by atoms with Gasteiger partial charge in [-0.05, 0) is 67.6 Å². The SMILES string of the molecule is Cc1cc(Nc2cc(C(F)F)ccn2)nc(-c2ccc([C@](C)([O-])C3CCC(C(=O)OCC[N+](C)(C)C)CC3)nc2)c1. The molecule has 220 valence electrons. The molecule has 1 fully saturated rings. The molecular formula is C31H39F2N5O3. The van der Waals surface area contributed by atoms with Crippen LogP contribution in [-0.2, 0) is 15.1 Å². The average molecular weight is 568 g/mol. The molecule has 0 spiro atoms. The minimum absolute atomic E-state index is 0.125. The summed E-state index contributed by atoms with van der Waals surface area (Å²) < 4.78 is 32.4. The zero-order valence-corrected chi connectivity index (χ0v) is 24.4. The van der Waals surface area contributed by atoms with E-state index in [1.165, 1.54) is 18.3 Å². The third kappa shape index (κ3) is 8.04. The number of anilines is 2. The van der Waals surface area contributed by atoms with Crippen LogP contribution in [0.5, 0.6) is 0 Å². The van der Waals surface area contributed by atoms with E-state index in [9.17, 15) is 18.7 Å². The Bertz CT molecular complexity index is 1330. The Labute approximate surface area is 240 Å². The highest BCUT2D eigenvalue weighted by Crippen LogP contribution is 2.39. The van der Waals surface area contributed by atoms with Gasteiger partial charge in [-0.1, -0.05) is 25.4 Å². The second-order valence-corrected chi connectivity index (χ2v) is 12.1. The summed E-state index contributed by atoms with van der Waals surface area (Å²) in [5, 5.41) is 16.8. The second kappa shape index (κ2) is 12.6. The van der Waals surface area contributed by atoms with Gasteiger partial charge in [0.25, 0.3) is 6.43 Å². The number of carbonyl (C=O) groups excluding carboxylic acids is 1. The van der Waals surface area contributed by atoms with E-state index >= 15 is 0 Å². The second-order valence-electron chi connectivity index (χ2n) is 12.1. The van der Waals surface area contributed by atoms with Crippen molar-refractivity contribution >= 4 is 17.6 Å². The van der Waals surface area contributed by atoms with Crippen molar-refractivity contribution in [2.45, 2.75) is 51.6 Å². The summed E-state index contributed by atoms with van der Waals surface area (Å²) in [5.74, 6) is 0.275. The van der Waals surface area contributed by atoms with Crippen LogP contribution in [-0.4, -0.2) is 59.7 Å². The van der Waals surface area contributed by atoms with Crippen LogP contribution in [0, 0.1) is 18.8 Å². The van der Waals surface area contributed by atoms with Crippen LogP contribution < -0.4 is 10.4 Å². The third-order valence-electron chi connectivity index (χ3n) is 7.68. The van der Waals surface area contributed by atoms with Crippen LogP contribution in [0.2, 0.25) is 0 Å². The van der Waals surface area contributed by atoms with Crippen LogP contribution in [0.15, 0.2) is 48.8 Å². The van der Waals surface area contributed by atoms with Crippen LogP contribution >= 0.6 is 0 Å². The van der Waals surface area contributed by atoms with Crippen molar-refractivity contribution in [1.29, 1.82) is 0 Å². The average Bonchev–Trinajstić information content (AvgIpc) is 2.92. The van der Waals surface area contributed by atoms with E-state index < -0.39 is 12.0 Å². The van der Waals surface area contributed by atoms with E-state index in [2.05, 4.69) is 41.4 Å². The first-order valence-electron chi connectivity index (χ1n) is 14.0. The minimum Gasteiger partial charge on any atom is -0.845 e. The van der Waals surface area contributed by atoms with Crippen molar-refractivity contribution in [3.8, 4) is 11.3 Å². The first-order chi connectivity index (χ1) is 19.3. The van der Waals surface area contributed by atoms with Crippen molar-refractivity contribution < 1.29 is 27.9 Å². The van der Waals surface area contributed by atoms with Gasteiger partial charge in [-0.25, -0.2) is 18.7 Å². The maximum atomic E-state index is 13.8. The number of hydrogen-bond acceptors (Lipinski definition) is 7. The van der Waals surface area contributed by atoms with Gasteiger partial charge in [0.2, 0.25) is 0 Å². The van der Waals surface area contributed by atoms with Gasteiger partial charge < -0.3 is 19.6 Å². The molecule has 1 saturated carbocycles. The zero-order chi connectivity index (χ0) is 29.8. The number of halogens is 2. The number of carbonyl (C=O) groups is 1. The van der Waals surface area contributed by atoms with Crippen molar-refractivity contribution in [3.05, 3.63) is 65.6 Å². The van der Waals surface area contributed by atoms with E-state index in [-0.39, 0.29) is 29.2 Å². The topological polar surface area (TPSA) is 100 Å². The Balaban J connectivity index is 1.40. The molecule has 0 saturated heterocycles. The quantitative estimate of drug-likeness (QED) is 0.267. The first kappa shape index (κ1) is 30.5. The van der Waals surface area contributed by atoms with E-state index in [0.717, 1.165) is 22.2 Å². The lowest BCUT2D eigenvalue weighted by atomic mass is 9.73. The number of nitrogens with one attached hydrogen (secondary N) is 1. The molecule has 10 heteroatoms. The number of ether oxygens (including phenoxy) is 1. The van der Waals surface area contributed by atoms with Gasteiger partial charge in [0.15, 0.2) is 0 Å².